The van der Waals surface area contributed by atoms with Crippen molar-refractivity contribution in [3.63, 3.8) is 0 Å². The van der Waals surface area contributed by atoms with Gasteiger partial charge in [0, 0.05) is 42.4 Å². The molecule has 0 unspecified atom stereocenters. The van der Waals surface area contributed by atoms with Crippen LogP contribution in [0.2, 0.25) is 5.02 Å². The van der Waals surface area contributed by atoms with Gasteiger partial charge in [0.25, 0.3) is 5.91 Å². The molecule has 0 atom stereocenters. The molecule has 0 saturated carbocycles. The molecule has 0 spiro atoms. The van der Waals surface area contributed by atoms with E-state index in [0.29, 0.717) is 35.8 Å². The highest BCUT2D eigenvalue weighted by Crippen LogP contribution is 2.21. The predicted octanol–water partition coefficient (Wildman–Crippen LogP) is 3.65. The summed E-state index contributed by atoms with van der Waals surface area (Å²) in [6, 6.07) is 10.7. The van der Waals surface area contributed by atoms with E-state index in [1.54, 1.807) is 30.3 Å². The molecule has 2 rings (SSSR count). The van der Waals surface area contributed by atoms with E-state index in [9.17, 15) is 14.0 Å². The highest BCUT2D eigenvalue weighted by molar-refractivity contribution is 6.30. The van der Waals surface area contributed by atoms with Crippen molar-refractivity contribution in [1.29, 1.82) is 0 Å². The van der Waals surface area contributed by atoms with Crippen LogP contribution < -0.4 is 15.4 Å². The number of carbonyl (C=O) groups excluding carboxylic acids is 2. The van der Waals surface area contributed by atoms with Crippen LogP contribution >= 0.6 is 11.6 Å². The number of rotatable bonds is 10. The number of anilines is 1. The number of amides is 2. The lowest BCUT2D eigenvalue weighted by Gasteiger charge is -2.10. The molecule has 150 valence electrons. The van der Waals surface area contributed by atoms with E-state index in [4.69, 9.17) is 21.1 Å². The van der Waals surface area contributed by atoms with Gasteiger partial charge in [0.15, 0.2) is 11.6 Å². The van der Waals surface area contributed by atoms with Gasteiger partial charge in [0.1, 0.15) is 6.61 Å². The maximum Gasteiger partial charge on any atom is 0.251 e. The third kappa shape index (κ3) is 7.17. The Hall–Kier alpha value is -2.64. The molecular weight excluding hydrogens is 387 g/mol. The SMILES string of the molecule is COCCOc1ccc(NC(=O)CCCNC(=O)c2ccc(Cl)cc2)cc1F. The van der Waals surface area contributed by atoms with Gasteiger partial charge >= 0.3 is 0 Å². The first-order valence-corrected chi connectivity index (χ1v) is 9.12. The number of hydrogen-bond donors (Lipinski definition) is 2. The maximum atomic E-state index is 13.9. The van der Waals surface area contributed by atoms with Crippen molar-refractivity contribution in [2.75, 3.05) is 32.2 Å². The third-order valence-electron chi connectivity index (χ3n) is 3.73. The number of hydrogen-bond acceptors (Lipinski definition) is 4. The monoisotopic (exact) mass is 408 g/mol. The molecule has 0 aliphatic carbocycles. The lowest BCUT2D eigenvalue weighted by atomic mass is 10.2. The number of benzene rings is 2. The van der Waals surface area contributed by atoms with E-state index in [2.05, 4.69) is 10.6 Å². The zero-order valence-corrected chi connectivity index (χ0v) is 16.2. The van der Waals surface area contributed by atoms with Crippen molar-refractivity contribution in [3.05, 3.63) is 58.9 Å². The van der Waals surface area contributed by atoms with Gasteiger partial charge in [-0.2, -0.15) is 0 Å². The average molecular weight is 409 g/mol. The molecule has 8 heteroatoms. The number of halogens is 2. The van der Waals surface area contributed by atoms with Crippen LogP contribution in [0.5, 0.6) is 5.75 Å². The van der Waals surface area contributed by atoms with Gasteiger partial charge in [0.05, 0.1) is 6.61 Å². The first-order valence-electron chi connectivity index (χ1n) is 8.74. The zero-order valence-electron chi connectivity index (χ0n) is 15.5. The largest absolute Gasteiger partial charge is 0.488 e. The second-order valence-corrected chi connectivity index (χ2v) is 6.34. The van der Waals surface area contributed by atoms with Crippen LogP contribution in [0.1, 0.15) is 23.2 Å². The van der Waals surface area contributed by atoms with Gasteiger partial charge < -0.3 is 20.1 Å². The molecule has 0 fully saturated rings. The minimum Gasteiger partial charge on any atom is -0.488 e. The third-order valence-corrected chi connectivity index (χ3v) is 3.99. The van der Waals surface area contributed by atoms with Gasteiger partial charge in [-0.05, 0) is 42.8 Å². The molecule has 0 radical (unpaired) electrons. The Morgan fingerprint density at radius 2 is 1.86 bits per heavy atom. The molecule has 2 amide bonds. The van der Waals surface area contributed by atoms with E-state index in [1.807, 2.05) is 0 Å². The van der Waals surface area contributed by atoms with Crippen LogP contribution in [-0.2, 0) is 9.53 Å². The first-order chi connectivity index (χ1) is 13.5. The Kier molecular flexibility index (Phi) is 8.71. The summed E-state index contributed by atoms with van der Waals surface area (Å²) in [5.41, 5.74) is 0.837. The lowest BCUT2D eigenvalue weighted by molar-refractivity contribution is -0.116. The fourth-order valence-electron chi connectivity index (χ4n) is 2.31. The number of carbonyl (C=O) groups is 2. The van der Waals surface area contributed by atoms with Crippen LogP contribution in [-0.4, -0.2) is 38.7 Å². The molecule has 2 aromatic carbocycles. The van der Waals surface area contributed by atoms with Gasteiger partial charge in [0.2, 0.25) is 5.91 Å². The summed E-state index contributed by atoms with van der Waals surface area (Å²) >= 11 is 5.78. The fourth-order valence-corrected chi connectivity index (χ4v) is 2.43. The van der Waals surface area contributed by atoms with E-state index < -0.39 is 5.82 Å². The second kappa shape index (κ2) is 11.3. The standard InChI is InChI=1S/C20H22ClFN2O4/c1-27-11-12-28-18-9-8-16(13-17(18)22)24-19(25)3-2-10-23-20(26)14-4-6-15(21)7-5-14/h4-9,13H,2-3,10-12H2,1H3,(H,23,26)(H,24,25). The van der Waals surface area contributed by atoms with Crippen molar-refractivity contribution >= 4 is 29.1 Å². The minimum atomic E-state index is -0.566. The molecule has 2 aromatic rings. The number of methoxy groups -OCH3 is 1. The quantitative estimate of drug-likeness (QED) is 0.588. The molecule has 0 aliphatic rings. The van der Waals surface area contributed by atoms with Crippen LogP contribution in [0.3, 0.4) is 0 Å². The van der Waals surface area contributed by atoms with Gasteiger partial charge in [-0.15, -0.1) is 0 Å². The smallest absolute Gasteiger partial charge is 0.251 e. The Morgan fingerprint density at radius 1 is 1.11 bits per heavy atom. The average Bonchev–Trinajstić information content (AvgIpc) is 2.67. The minimum absolute atomic E-state index is 0.0972. The van der Waals surface area contributed by atoms with Crippen molar-refractivity contribution in [1.82, 2.24) is 5.32 Å². The summed E-state index contributed by atoms with van der Waals surface area (Å²) in [5.74, 6) is -0.972. The van der Waals surface area contributed by atoms with Crippen LogP contribution in [0.15, 0.2) is 42.5 Å². The summed E-state index contributed by atoms with van der Waals surface area (Å²) in [5, 5.41) is 5.90. The summed E-state index contributed by atoms with van der Waals surface area (Å²) < 4.78 is 24.0. The second-order valence-electron chi connectivity index (χ2n) is 5.90. The van der Waals surface area contributed by atoms with Crippen molar-refractivity contribution in [3.8, 4) is 5.75 Å². The molecule has 2 N–H and O–H groups in total. The van der Waals surface area contributed by atoms with Crippen LogP contribution in [0.25, 0.3) is 0 Å². The van der Waals surface area contributed by atoms with Crippen molar-refractivity contribution in [2.24, 2.45) is 0 Å². The number of nitrogens with one attached hydrogen (secondary N) is 2. The van der Waals surface area contributed by atoms with E-state index in [1.165, 1.54) is 19.2 Å². The summed E-state index contributed by atoms with van der Waals surface area (Å²) in [4.78, 5) is 23.9. The molecule has 0 bridgehead atoms. The Bertz CT molecular complexity index is 799. The van der Waals surface area contributed by atoms with E-state index in [0.717, 1.165) is 0 Å². The van der Waals surface area contributed by atoms with Crippen LogP contribution in [0.4, 0.5) is 10.1 Å². The van der Waals surface area contributed by atoms with E-state index >= 15 is 0 Å². The number of ether oxygens (including phenoxy) is 2. The summed E-state index contributed by atoms with van der Waals surface area (Å²) in [6.07, 6.45) is 0.639. The molecule has 0 saturated heterocycles. The van der Waals surface area contributed by atoms with Crippen molar-refractivity contribution in [2.45, 2.75) is 12.8 Å². The summed E-state index contributed by atoms with van der Waals surface area (Å²) in [6.45, 7) is 0.933. The van der Waals surface area contributed by atoms with Crippen LogP contribution in [0, 0.1) is 5.82 Å². The van der Waals surface area contributed by atoms with Gasteiger partial charge in [-0.1, -0.05) is 11.6 Å². The summed E-state index contributed by atoms with van der Waals surface area (Å²) in [7, 11) is 1.53. The van der Waals surface area contributed by atoms with Crippen molar-refractivity contribution < 1.29 is 23.5 Å². The van der Waals surface area contributed by atoms with Gasteiger partial charge in [-0.25, -0.2) is 4.39 Å². The lowest BCUT2D eigenvalue weighted by Crippen LogP contribution is -2.25. The Morgan fingerprint density at radius 3 is 2.54 bits per heavy atom. The zero-order chi connectivity index (χ0) is 20.4. The highest BCUT2D eigenvalue weighted by Gasteiger charge is 2.09. The first kappa shape index (κ1) is 21.7. The topological polar surface area (TPSA) is 76.7 Å². The molecule has 0 aliphatic heterocycles. The highest BCUT2D eigenvalue weighted by atomic mass is 35.5. The maximum absolute atomic E-state index is 13.9. The molecule has 0 heterocycles. The fraction of sp³-hybridized carbons (Fsp3) is 0.300. The normalized spacial score (nSPS) is 10.4. The molecule has 6 nitrogen and oxygen atoms in total. The molecule has 0 aromatic heterocycles. The Labute approximate surface area is 168 Å². The van der Waals surface area contributed by atoms with E-state index in [-0.39, 0.29) is 30.6 Å². The Balaban J connectivity index is 1.71. The molecular formula is C20H22ClFN2O4. The van der Waals surface area contributed by atoms with Gasteiger partial charge in [-0.3, -0.25) is 9.59 Å². The predicted molar refractivity (Wildman–Crippen MR) is 105 cm³/mol. The molecule has 28 heavy (non-hydrogen) atoms.